The molecular formula is C10H15NO2. The number of aliphatic hydroxyl groups excluding tert-OH is 1. The molecule has 1 atom stereocenters. The van der Waals surface area contributed by atoms with E-state index in [-0.39, 0.29) is 12.7 Å². The summed E-state index contributed by atoms with van der Waals surface area (Å²) in [6.45, 7) is 2.00. The molecule has 72 valence electrons. The minimum Gasteiger partial charge on any atom is -0.394 e. The minimum absolute atomic E-state index is 0.0380. The predicted molar refractivity (Wildman–Crippen MR) is 52.3 cm³/mol. The molecule has 0 aliphatic rings. The van der Waals surface area contributed by atoms with E-state index in [9.17, 15) is 0 Å². The van der Waals surface area contributed by atoms with Gasteiger partial charge in [0.1, 0.15) is 6.10 Å². The lowest BCUT2D eigenvalue weighted by Gasteiger charge is -2.13. The third-order valence-electron chi connectivity index (χ3n) is 1.78. The van der Waals surface area contributed by atoms with Crippen LogP contribution in [-0.4, -0.2) is 17.8 Å². The second-order valence-electron chi connectivity index (χ2n) is 2.80. The van der Waals surface area contributed by atoms with Gasteiger partial charge in [-0.2, -0.15) is 0 Å². The largest absolute Gasteiger partial charge is 0.394 e. The summed E-state index contributed by atoms with van der Waals surface area (Å²) in [5, 5.41) is 8.84. The molecule has 1 aromatic carbocycles. The highest BCUT2D eigenvalue weighted by molar-refractivity contribution is 5.39. The van der Waals surface area contributed by atoms with Gasteiger partial charge in [-0.1, -0.05) is 25.1 Å². The van der Waals surface area contributed by atoms with Gasteiger partial charge in [0, 0.05) is 0 Å². The summed E-state index contributed by atoms with van der Waals surface area (Å²) in [5.74, 6) is 0. The number of nitrogens with one attached hydrogen (secondary N) is 1. The van der Waals surface area contributed by atoms with Crippen LogP contribution in [0, 0.1) is 0 Å². The molecule has 0 fully saturated rings. The van der Waals surface area contributed by atoms with E-state index in [4.69, 9.17) is 9.94 Å². The van der Waals surface area contributed by atoms with Crippen molar-refractivity contribution in [3.05, 3.63) is 30.3 Å². The summed E-state index contributed by atoms with van der Waals surface area (Å²) in [4.78, 5) is 5.23. The normalized spacial score (nSPS) is 12.5. The molecule has 0 aliphatic heterocycles. The van der Waals surface area contributed by atoms with Gasteiger partial charge in [0.25, 0.3) is 0 Å². The highest BCUT2D eigenvalue weighted by Crippen LogP contribution is 2.06. The summed E-state index contributed by atoms with van der Waals surface area (Å²) in [6, 6.07) is 9.60. The number of aliphatic hydroxyl groups is 1. The SMILES string of the molecule is CC[C@H](CO)ONc1ccccc1. The van der Waals surface area contributed by atoms with Crippen LogP contribution < -0.4 is 5.48 Å². The van der Waals surface area contributed by atoms with Crippen LogP contribution in [0.3, 0.4) is 0 Å². The van der Waals surface area contributed by atoms with Crippen molar-refractivity contribution in [2.75, 3.05) is 12.1 Å². The van der Waals surface area contributed by atoms with Crippen molar-refractivity contribution in [2.24, 2.45) is 0 Å². The fraction of sp³-hybridized carbons (Fsp3) is 0.400. The lowest BCUT2D eigenvalue weighted by atomic mass is 10.3. The molecule has 1 rings (SSSR count). The smallest absolute Gasteiger partial charge is 0.108 e. The predicted octanol–water partition coefficient (Wildman–Crippen LogP) is 1.80. The highest BCUT2D eigenvalue weighted by Gasteiger charge is 2.03. The van der Waals surface area contributed by atoms with Crippen LogP contribution >= 0.6 is 0 Å². The Bertz CT molecular complexity index is 222. The molecule has 0 aromatic heterocycles. The van der Waals surface area contributed by atoms with Gasteiger partial charge in [0.15, 0.2) is 0 Å². The number of hydrogen-bond acceptors (Lipinski definition) is 3. The molecule has 1 aromatic rings. The molecule has 2 N–H and O–H groups in total. The second kappa shape index (κ2) is 5.56. The van der Waals surface area contributed by atoms with Gasteiger partial charge < -0.3 is 5.11 Å². The van der Waals surface area contributed by atoms with Gasteiger partial charge in [-0.15, -0.1) is 0 Å². The van der Waals surface area contributed by atoms with Gasteiger partial charge in [-0.25, -0.2) is 0 Å². The maximum absolute atomic E-state index is 8.84. The van der Waals surface area contributed by atoms with E-state index < -0.39 is 0 Å². The number of para-hydroxylation sites is 1. The molecule has 0 heterocycles. The van der Waals surface area contributed by atoms with Crippen molar-refractivity contribution in [1.82, 2.24) is 0 Å². The van der Waals surface area contributed by atoms with Crippen molar-refractivity contribution < 1.29 is 9.94 Å². The Labute approximate surface area is 78.3 Å². The van der Waals surface area contributed by atoms with Crippen LogP contribution in [0.2, 0.25) is 0 Å². The van der Waals surface area contributed by atoms with E-state index in [1.54, 1.807) is 0 Å². The third kappa shape index (κ3) is 3.44. The van der Waals surface area contributed by atoms with Crippen molar-refractivity contribution in [1.29, 1.82) is 0 Å². The molecular weight excluding hydrogens is 166 g/mol. The van der Waals surface area contributed by atoms with E-state index in [0.717, 1.165) is 12.1 Å². The van der Waals surface area contributed by atoms with Crippen molar-refractivity contribution in [3.8, 4) is 0 Å². The Hall–Kier alpha value is -1.06. The molecule has 0 saturated heterocycles. The van der Waals surface area contributed by atoms with Gasteiger partial charge in [0.05, 0.1) is 12.3 Å². The Morgan fingerprint density at radius 1 is 1.38 bits per heavy atom. The summed E-state index contributed by atoms with van der Waals surface area (Å²) in [7, 11) is 0. The zero-order chi connectivity index (χ0) is 9.52. The molecule has 0 amide bonds. The van der Waals surface area contributed by atoms with Crippen molar-refractivity contribution >= 4 is 5.69 Å². The van der Waals surface area contributed by atoms with Gasteiger partial charge in [-0.05, 0) is 18.6 Å². The molecule has 13 heavy (non-hydrogen) atoms. The van der Waals surface area contributed by atoms with Gasteiger partial charge >= 0.3 is 0 Å². The molecule has 0 saturated carbocycles. The number of anilines is 1. The average Bonchev–Trinajstić information content (AvgIpc) is 2.21. The quantitative estimate of drug-likeness (QED) is 0.680. The minimum atomic E-state index is -0.139. The summed E-state index contributed by atoms with van der Waals surface area (Å²) in [5.41, 5.74) is 3.68. The third-order valence-corrected chi connectivity index (χ3v) is 1.78. The number of rotatable bonds is 5. The zero-order valence-corrected chi connectivity index (χ0v) is 7.73. The van der Waals surface area contributed by atoms with Crippen LogP contribution in [0.5, 0.6) is 0 Å². The van der Waals surface area contributed by atoms with E-state index in [1.807, 2.05) is 37.3 Å². The van der Waals surface area contributed by atoms with Crippen LogP contribution in [0.25, 0.3) is 0 Å². The lowest BCUT2D eigenvalue weighted by Crippen LogP contribution is -2.19. The Balaban J connectivity index is 2.34. The summed E-state index contributed by atoms with van der Waals surface area (Å²) < 4.78 is 0. The molecule has 0 bridgehead atoms. The lowest BCUT2D eigenvalue weighted by molar-refractivity contribution is 0.0448. The van der Waals surface area contributed by atoms with E-state index in [1.165, 1.54) is 0 Å². The molecule has 0 radical (unpaired) electrons. The van der Waals surface area contributed by atoms with Crippen molar-refractivity contribution in [3.63, 3.8) is 0 Å². The van der Waals surface area contributed by atoms with Crippen molar-refractivity contribution in [2.45, 2.75) is 19.4 Å². The molecule has 3 heteroatoms. The first-order valence-electron chi connectivity index (χ1n) is 4.44. The second-order valence-corrected chi connectivity index (χ2v) is 2.80. The van der Waals surface area contributed by atoms with E-state index in [2.05, 4.69) is 5.48 Å². The molecule has 0 unspecified atom stereocenters. The molecule has 0 spiro atoms. The first-order chi connectivity index (χ1) is 6.36. The van der Waals surface area contributed by atoms with Crippen LogP contribution in [-0.2, 0) is 4.84 Å². The maximum atomic E-state index is 8.84. The summed E-state index contributed by atoms with van der Waals surface area (Å²) >= 11 is 0. The van der Waals surface area contributed by atoms with Gasteiger partial charge in [0.2, 0.25) is 0 Å². The number of hydrogen-bond donors (Lipinski definition) is 2. The first-order valence-corrected chi connectivity index (χ1v) is 4.44. The number of benzene rings is 1. The maximum Gasteiger partial charge on any atom is 0.108 e. The molecule has 0 aliphatic carbocycles. The average molecular weight is 181 g/mol. The standard InChI is InChI=1S/C10H15NO2/c1-2-10(8-12)13-11-9-6-4-3-5-7-9/h3-7,10-12H,2,8H2,1H3/t10-/m1/s1. The zero-order valence-electron chi connectivity index (χ0n) is 7.73. The van der Waals surface area contributed by atoms with E-state index >= 15 is 0 Å². The fourth-order valence-corrected chi connectivity index (χ4v) is 0.907. The van der Waals surface area contributed by atoms with Crippen LogP contribution in [0.1, 0.15) is 13.3 Å². The Morgan fingerprint density at radius 2 is 2.08 bits per heavy atom. The monoisotopic (exact) mass is 181 g/mol. The fourth-order valence-electron chi connectivity index (χ4n) is 0.907. The highest BCUT2D eigenvalue weighted by atomic mass is 16.7. The topological polar surface area (TPSA) is 41.5 Å². The first kappa shape index (κ1) is 10.0. The Morgan fingerprint density at radius 3 is 2.62 bits per heavy atom. The molecule has 3 nitrogen and oxygen atoms in total. The Kier molecular flexibility index (Phi) is 4.29. The van der Waals surface area contributed by atoms with Crippen LogP contribution in [0.4, 0.5) is 5.69 Å². The van der Waals surface area contributed by atoms with E-state index in [0.29, 0.717) is 0 Å². The summed E-state index contributed by atoms with van der Waals surface area (Å²) in [6.07, 6.45) is 0.649. The van der Waals surface area contributed by atoms with Crippen LogP contribution in [0.15, 0.2) is 30.3 Å². The van der Waals surface area contributed by atoms with Gasteiger partial charge in [-0.3, -0.25) is 10.3 Å².